The molecule has 0 unspecified atom stereocenters. The average molecular weight is 382 g/mol. The van der Waals surface area contributed by atoms with E-state index in [-0.39, 0.29) is 5.91 Å². The molecular formula is C21H22N2O3S. The fourth-order valence-electron chi connectivity index (χ4n) is 2.86. The monoisotopic (exact) mass is 382 g/mol. The van der Waals surface area contributed by atoms with Crippen molar-refractivity contribution in [3.63, 3.8) is 0 Å². The molecule has 0 saturated heterocycles. The van der Waals surface area contributed by atoms with Gasteiger partial charge in [-0.05, 0) is 54.4 Å². The zero-order valence-electron chi connectivity index (χ0n) is 15.9. The van der Waals surface area contributed by atoms with Crippen LogP contribution < -0.4 is 14.3 Å². The maximum absolute atomic E-state index is 12.6. The molecule has 0 aliphatic rings. The highest BCUT2D eigenvalue weighted by Gasteiger charge is 2.14. The number of carbonyl (C=O) groups is 1. The molecule has 5 nitrogen and oxygen atoms in total. The number of rotatable bonds is 5. The number of thiazole rings is 1. The third-order valence-corrected chi connectivity index (χ3v) is 5.58. The first-order chi connectivity index (χ1) is 13.1. The maximum atomic E-state index is 12.6. The van der Waals surface area contributed by atoms with Crippen LogP contribution in [0.4, 0.5) is 0 Å². The van der Waals surface area contributed by atoms with Crippen molar-refractivity contribution in [3.05, 3.63) is 63.8 Å². The Kier molecular flexibility index (Phi) is 5.76. The molecular weight excluding hydrogens is 360 g/mol. The van der Waals surface area contributed by atoms with Gasteiger partial charge in [0.1, 0.15) is 11.5 Å². The first-order valence-corrected chi connectivity index (χ1v) is 9.45. The molecule has 0 atom stereocenters. The fourth-order valence-corrected chi connectivity index (χ4v) is 3.93. The topological polar surface area (TPSA) is 52.8 Å². The van der Waals surface area contributed by atoms with Gasteiger partial charge in [-0.15, -0.1) is 11.3 Å². The Hall–Kier alpha value is -2.86. The molecule has 0 saturated carbocycles. The molecule has 1 heterocycles. The minimum atomic E-state index is -0.283. The number of hydrogen-bond donors (Lipinski definition) is 0. The molecule has 1 amide bonds. The molecule has 3 aromatic rings. The van der Waals surface area contributed by atoms with E-state index in [2.05, 4.69) is 11.9 Å². The van der Waals surface area contributed by atoms with Gasteiger partial charge in [-0.2, -0.15) is 4.99 Å². The van der Waals surface area contributed by atoms with E-state index in [1.807, 2.05) is 35.9 Å². The van der Waals surface area contributed by atoms with Crippen LogP contribution in [0.15, 0.2) is 53.5 Å². The van der Waals surface area contributed by atoms with Crippen molar-refractivity contribution < 1.29 is 14.3 Å². The summed E-state index contributed by atoms with van der Waals surface area (Å²) in [5.74, 6) is 1.17. The van der Waals surface area contributed by atoms with Crippen molar-refractivity contribution >= 4 is 17.2 Å². The minimum absolute atomic E-state index is 0.283. The predicted octanol–water partition coefficient (Wildman–Crippen LogP) is 4.07. The van der Waals surface area contributed by atoms with Crippen LogP contribution in [0.3, 0.4) is 0 Å². The van der Waals surface area contributed by atoms with Crippen LogP contribution in [-0.4, -0.2) is 24.7 Å². The van der Waals surface area contributed by atoms with E-state index in [1.165, 1.54) is 16.2 Å². The molecule has 0 fully saturated rings. The van der Waals surface area contributed by atoms with Gasteiger partial charge in [-0.1, -0.05) is 13.0 Å². The summed E-state index contributed by atoms with van der Waals surface area (Å²) in [7, 11) is 5.17. The second kappa shape index (κ2) is 8.22. The summed E-state index contributed by atoms with van der Waals surface area (Å²) in [6.45, 7) is 2.10. The van der Waals surface area contributed by atoms with Gasteiger partial charge >= 0.3 is 0 Å². The fraction of sp³-hybridized carbons (Fsp3) is 0.238. The molecule has 6 heteroatoms. The second-order valence-corrected chi connectivity index (χ2v) is 7.01. The summed E-state index contributed by atoms with van der Waals surface area (Å²) in [5.41, 5.74) is 2.65. The summed E-state index contributed by atoms with van der Waals surface area (Å²) in [6, 6.07) is 14.9. The van der Waals surface area contributed by atoms with Crippen molar-refractivity contribution in [2.45, 2.75) is 13.3 Å². The zero-order chi connectivity index (χ0) is 19.4. The Morgan fingerprint density at radius 3 is 2.41 bits per heavy atom. The van der Waals surface area contributed by atoms with E-state index in [1.54, 1.807) is 38.5 Å². The highest BCUT2D eigenvalue weighted by Crippen LogP contribution is 2.27. The molecule has 1 aromatic heterocycles. The third-order valence-electron chi connectivity index (χ3n) is 4.30. The van der Waals surface area contributed by atoms with Gasteiger partial charge in [0.25, 0.3) is 5.91 Å². The number of nitrogens with zero attached hydrogens (tertiary/aromatic N) is 2. The van der Waals surface area contributed by atoms with E-state index in [0.717, 1.165) is 23.4 Å². The van der Waals surface area contributed by atoms with Gasteiger partial charge in [0.2, 0.25) is 0 Å². The number of ether oxygens (including phenoxy) is 2. The number of methoxy groups -OCH3 is 2. The van der Waals surface area contributed by atoms with Gasteiger partial charge in [0.15, 0.2) is 4.80 Å². The highest BCUT2D eigenvalue weighted by atomic mass is 32.1. The summed E-state index contributed by atoms with van der Waals surface area (Å²) in [5, 5.41) is 0. The smallest absolute Gasteiger partial charge is 0.279 e. The van der Waals surface area contributed by atoms with Gasteiger partial charge in [0.05, 0.1) is 19.9 Å². The van der Waals surface area contributed by atoms with Crippen molar-refractivity contribution in [1.82, 2.24) is 4.57 Å². The first kappa shape index (κ1) is 18.9. The molecule has 2 aromatic carbocycles. The van der Waals surface area contributed by atoms with Crippen LogP contribution in [0.1, 0.15) is 22.2 Å². The second-order valence-electron chi connectivity index (χ2n) is 5.95. The van der Waals surface area contributed by atoms with Gasteiger partial charge in [-0.3, -0.25) is 4.79 Å². The van der Waals surface area contributed by atoms with Crippen molar-refractivity contribution in [3.8, 4) is 22.8 Å². The molecule has 3 rings (SSSR count). The van der Waals surface area contributed by atoms with Crippen LogP contribution in [0, 0.1) is 0 Å². The lowest BCUT2D eigenvalue weighted by Crippen LogP contribution is -2.14. The van der Waals surface area contributed by atoms with Crippen molar-refractivity contribution in [2.24, 2.45) is 12.0 Å². The quantitative estimate of drug-likeness (QED) is 0.668. The maximum Gasteiger partial charge on any atom is 0.279 e. The van der Waals surface area contributed by atoms with E-state index in [4.69, 9.17) is 9.47 Å². The minimum Gasteiger partial charge on any atom is -0.497 e. The SMILES string of the molecule is CCc1sc(=NC(=O)c2cccc(OC)c2)n(C)c1-c1ccc(OC)cc1. The van der Waals surface area contributed by atoms with Gasteiger partial charge in [-0.25, -0.2) is 0 Å². The standard InChI is InChI=1S/C21H22N2O3S/c1-5-18-19(14-9-11-16(25-3)12-10-14)23(2)21(27-18)22-20(24)15-7-6-8-17(13-15)26-4/h6-13H,5H2,1-4H3. The van der Waals surface area contributed by atoms with E-state index in [0.29, 0.717) is 16.1 Å². The molecule has 0 aliphatic heterocycles. The summed E-state index contributed by atoms with van der Waals surface area (Å²) in [4.78, 5) is 18.8. The molecule has 140 valence electrons. The molecule has 0 spiro atoms. The van der Waals surface area contributed by atoms with E-state index >= 15 is 0 Å². The Morgan fingerprint density at radius 1 is 1.07 bits per heavy atom. The summed E-state index contributed by atoms with van der Waals surface area (Å²) in [6.07, 6.45) is 0.864. The van der Waals surface area contributed by atoms with Crippen LogP contribution in [0.2, 0.25) is 0 Å². The number of benzene rings is 2. The molecule has 0 radical (unpaired) electrons. The normalized spacial score (nSPS) is 11.5. The Labute approximate surface area is 162 Å². The molecule has 0 N–H and O–H groups in total. The Morgan fingerprint density at radius 2 is 1.78 bits per heavy atom. The summed E-state index contributed by atoms with van der Waals surface area (Å²) < 4.78 is 12.4. The van der Waals surface area contributed by atoms with Crippen LogP contribution in [0.5, 0.6) is 11.5 Å². The number of aryl methyl sites for hydroxylation is 1. The molecule has 27 heavy (non-hydrogen) atoms. The largest absolute Gasteiger partial charge is 0.497 e. The number of carbonyl (C=O) groups excluding carboxylic acids is 1. The zero-order valence-corrected chi connectivity index (χ0v) is 16.7. The van der Waals surface area contributed by atoms with Crippen LogP contribution in [-0.2, 0) is 13.5 Å². The van der Waals surface area contributed by atoms with E-state index < -0.39 is 0 Å². The molecule has 0 bridgehead atoms. The number of amides is 1. The number of hydrogen-bond acceptors (Lipinski definition) is 4. The average Bonchev–Trinajstić information content (AvgIpc) is 3.03. The number of aromatic nitrogens is 1. The summed E-state index contributed by atoms with van der Waals surface area (Å²) >= 11 is 1.54. The first-order valence-electron chi connectivity index (χ1n) is 8.63. The van der Waals surface area contributed by atoms with E-state index in [9.17, 15) is 4.79 Å². The van der Waals surface area contributed by atoms with Gasteiger partial charge in [0, 0.05) is 17.5 Å². The van der Waals surface area contributed by atoms with Crippen LogP contribution >= 0.6 is 11.3 Å². The van der Waals surface area contributed by atoms with Crippen LogP contribution in [0.25, 0.3) is 11.3 Å². The predicted molar refractivity (Wildman–Crippen MR) is 108 cm³/mol. The Balaban J connectivity index is 2.04. The molecule has 0 aliphatic carbocycles. The lowest BCUT2D eigenvalue weighted by Gasteiger charge is -2.07. The lowest BCUT2D eigenvalue weighted by molar-refractivity contribution is 0.0997. The third kappa shape index (κ3) is 3.95. The van der Waals surface area contributed by atoms with Crippen molar-refractivity contribution in [2.75, 3.05) is 14.2 Å². The Bertz CT molecular complexity index is 1020. The van der Waals surface area contributed by atoms with Crippen molar-refractivity contribution in [1.29, 1.82) is 0 Å². The van der Waals surface area contributed by atoms with Gasteiger partial charge < -0.3 is 14.0 Å². The lowest BCUT2D eigenvalue weighted by atomic mass is 10.1. The highest BCUT2D eigenvalue weighted by molar-refractivity contribution is 7.09.